The fourth-order valence-electron chi connectivity index (χ4n) is 1.25. The minimum absolute atomic E-state index is 0.104. The molecule has 1 rings (SSSR count). The van der Waals surface area contributed by atoms with Gasteiger partial charge in [-0.2, -0.15) is 0 Å². The lowest BCUT2D eigenvalue weighted by atomic mass is 10.5. The van der Waals surface area contributed by atoms with Crippen LogP contribution in [0, 0.1) is 0 Å². The maximum absolute atomic E-state index is 11.2. The highest BCUT2D eigenvalue weighted by Gasteiger charge is 2.01. The average Bonchev–Trinajstić information content (AvgIpc) is 2.35. The molecule has 0 aliphatic carbocycles. The van der Waals surface area contributed by atoms with Gasteiger partial charge in [0.1, 0.15) is 18.0 Å². The molecular weight excluding hydrogens is 232 g/mol. The van der Waals surface area contributed by atoms with Gasteiger partial charge in [-0.3, -0.25) is 0 Å². The van der Waals surface area contributed by atoms with E-state index in [1.807, 2.05) is 13.0 Å². The minimum atomic E-state index is -0.104. The van der Waals surface area contributed by atoms with E-state index < -0.39 is 0 Å². The van der Waals surface area contributed by atoms with E-state index in [-0.39, 0.29) is 6.03 Å². The van der Waals surface area contributed by atoms with Crippen molar-refractivity contribution in [2.24, 2.45) is 0 Å². The Morgan fingerprint density at radius 1 is 1.22 bits per heavy atom. The van der Waals surface area contributed by atoms with Crippen molar-refractivity contribution in [3.8, 4) is 0 Å². The Labute approximate surface area is 107 Å². The zero-order chi connectivity index (χ0) is 13.4. The van der Waals surface area contributed by atoms with Crippen LogP contribution < -0.4 is 16.0 Å². The Morgan fingerprint density at radius 2 is 1.89 bits per heavy atom. The van der Waals surface area contributed by atoms with E-state index >= 15 is 0 Å². The number of anilines is 2. The molecule has 0 saturated heterocycles. The Balaban J connectivity index is 2.30. The van der Waals surface area contributed by atoms with Crippen molar-refractivity contribution in [3.05, 3.63) is 12.4 Å². The number of amides is 2. The molecule has 0 aliphatic rings. The largest absolute Gasteiger partial charge is 0.370 e. The van der Waals surface area contributed by atoms with Crippen molar-refractivity contribution < 1.29 is 4.79 Å². The van der Waals surface area contributed by atoms with Crippen LogP contribution in [0.2, 0.25) is 0 Å². The first kappa shape index (κ1) is 14.0. The van der Waals surface area contributed by atoms with E-state index in [1.165, 1.54) is 11.2 Å². The number of aromatic nitrogens is 2. The molecule has 0 radical (unpaired) electrons. The summed E-state index contributed by atoms with van der Waals surface area (Å²) in [7, 11) is 3.41. The summed E-state index contributed by atoms with van der Waals surface area (Å²) < 4.78 is 0. The second-order valence-corrected chi connectivity index (χ2v) is 3.87. The topological polar surface area (TPSA) is 82.2 Å². The molecule has 0 fully saturated rings. The van der Waals surface area contributed by atoms with E-state index in [0.717, 1.165) is 18.2 Å². The maximum Gasteiger partial charge on any atom is 0.316 e. The molecule has 0 atom stereocenters. The van der Waals surface area contributed by atoms with Crippen LogP contribution in [0.5, 0.6) is 0 Å². The first-order valence-electron chi connectivity index (χ1n) is 5.88. The van der Waals surface area contributed by atoms with Crippen LogP contribution in [-0.4, -0.2) is 54.6 Å². The van der Waals surface area contributed by atoms with Gasteiger partial charge in [-0.25, -0.2) is 14.8 Å². The summed E-state index contributed by atoms with van der Waals surface area (Å²) in [6, 6.07) is 1.73. The van der Waals surface area contributed by atoms with E-state index in [2.05, 4.69) is 25.9 Å². The molecule has 1 aromatic rings. The second kappa shape index (κ2) is 7.31. The first-order chi connectivity index (χ1) is 8.63. The van der Waals surface area contributed by atoms with Crippen LogP contribution in [0.4, 0.5) is 16.4 Å². The molecule has 100 valence electrons. The Hall–Kier alpha value is -2.05. The third-order valence-corrected chi connectivity index (χ3v) is 2.14. The lowest BCUT2D eigenvalue weighted by Gasteiger charge is -2.12. The Bertz CT molecular complexity index is 382. The standard InChI is InChI=1S/C11H20N6O/c1-4-12-9-7-10(16-8-15-9)13-5-6-14-11(18)17(2)3/h7-8H,4-6H2,1-3H3,(H,14,18)(H2,12,13,15,16). The molecule has 1 aromatic heterocycles. The van der Waals surface area contributed by atoms with E-state index in [1.54, 1.807) is 14.1 Å². The summed E-state index contributed by atoms with van der Waals surface area (Å²) in [5.41, 5.74) is 0. The van der Waals surface area contributed by atoms with Crippen LogP contribution in [0.3, 0.4) is 0 Å². The van der Waals surface area contributed by atoms with Crippen LogP contribution in [0.25, 0.3) is 0 Å². The molecule has 7 nitrogen and oxygen atoms in total. The van der Waals surface area contributed by atoms with E-state index in [9.17, 15) is 4.79 Å². The minimum Gasteiger partial charge on any atom is -0.370 e. The second-order valence-electron chi connectivity index (χ2n) is 3.87. The Kier molecular flexibility index (Phi) is 5.69. The summed E-state index contributed by atoms with van der Waals surface area (Å²) in [5.74, 6) is 1.52. The normalized spacial score (nSPS) is 9.72. The third kappa shape index (κ3) is 4.86. The SMILES string of the molecule is CCNc1cc(NCCNC(=O)N(C)C)ncn1. The molecule has 18 heavy (non-hydrogen) atoms. The van der Waals surface area contributed by atoms with Gasteiger partial charge in [0.2, 0.25) is 0 Å². The van der Waals surface area contributed by atoms with Crippen LogP contribution in [-0.2, 0) is 0 Å². The first-order valence-corrected chi connectivity index (χ1v) is 5.88. The average molecular weight is 252 g/mol. The quantitative estimate of drug-likeness (QED) is 0.646. The van der Waals surface area contributed by atoms with E-state index in [4.69, 9.17) is 0 Å². The van der Waals surface area contributed by atoms with Gasteiger partial charge in [-0.15, -0.1) is 0 Å². The van der Waals surface area contributed by atoms with E-state index in [0.29, 0.717) is 13.1 Å². The van der Waals surface area contributed by atoms with Gasteiger partial charge in [-0.1, -0.05) is 0 Å². The summed E-state index contributed by atoms with van der Waals surface area (Å²) in [5, 5.41) is 8.97. The third-order valence-electron chi connectivity index (χ3n) is 2.14. The number of nitrogens with zero attached hydrogens (tertiary/aromatic N) is 3. The number of hydrogen-bond donors (Lipinski definition) is 3. The highest BCUT2D eigenvalue weighted by molar-refractivity contribution is 5.73. The molecule has 2 amide bonds. The lowest BCUT2D eigenvalue weighted by Crippen LogP contribution is -2.37. The summed E-state index contributed by atoms with van der Waals surface area (Å²) in [4.78, 5) is 20.9. The number of carbonyl (C=O) groups is 1. The van der Waals surface area contributed by atoms with Gasteiger partial charge in [0.05, 0.1) is 0 Å². The van der Waals surface area contributed by atoms with Crippen molar-refractivity contribution in [2.75, 3.05) is 44.4 Å². The zero-order valence-corrected chi connectivity index (χ0v) is 11.0. The smallest absolute Gasteiger partial charge is 0.316 e. The van der Waals surface area contributed by atoms with Crippen molar-refractivity contribution in [3.63, 3.8) is 0 Å². The zero-order valence-electron chi connectivity index (χ0n) is 11.0. The molecule has 0 aromatic carbocycles. The van der Waals surface area contributed by atoms with Crippen LogP contribution in [0.15, 0.2) is 12.4 Å². The number of rotatable bonds is 6. The fraction of sp³-hybridized carbons (Fsp3) is 0.545. The predicted molar refractivity (Wildman–Crippen MR) is 71.8 cm³/mol. The summed E-state index contributed by atoms with van der Waals surface area (Å²) in [6.07, 6.45) is 1.50. The van der Waals surface area contributed by atoms with Crippen LogP contribution >= 0.6 is 0 Å². The maximum atomic E-state index is 11.2. The van der Waals surface area contributed by atoms with Gasteiger partial charge in [0, 0.05) is 39.8 Å². The van der Waals surface area contributed by atoms with Gasteiger partial charge >= 0.3 is 6.03 Å². The summed E-state index contributed by atoms with van der Waals surface area (Å²) >= 11 is 0. The molecule has 0 aliphatic heterocycles. The molecule has 0 unspecified atom stereocenters. The molecule has 1 heterocycles. The van der Waals surface area contributed by atoms with Crippen molar-refractivity contribution in [1.82, 2.24) is 20.2 Å². The van der Waals surface area contributed by atoms with Crippen molar-refractivity contribution in [1.29, 1.82) is 0 Å². The molecular formula is C11H20N6O. The molecule has 3 N–H and O–H groups in total. The van der Waals surface area contributed by atoms with Gasteiger partial charge in [-0.05, 0) is 6.92 Å². The number of carbonyl (C=O) groups excluding carboxylic acids is 1. The van der Waals surface area contributed by atoms with Gasteiger partial charge < -0.3 is 20.9 Å². The number of hydrogen-bond acceptors (Lipinski definition) is 5. The van der Waals surface area contributed by atoms with Crippen molar-refractivity contribution >= 4 is 17.7 Å². The van der Waals surface area contributed by atoms with Gasteiger partial charge in [0.25, 0.3) is 0 Å². The number of nitrogens with one attached hydrogen (secondary N) is 3. The summed E-state index contributed by atoms with van der Waals surface area (Å²) in [6.45, 7) is 3.97. The monoisotopic (exact) mass is 252 g/mol. The Morgan fingerprint density at radius 3 is 2.50 bits per heavy atom. The predicted octanol–water partition coefficient (Wildman–Crippen LogP) is 0.591. The highest BCUT2D eigenvalue weighted by Crippen LogP contribution is 2.07. The molecule has 7 heteroatoms. The van der Waals surface area contributed by atoms with Gasteiger partial charge in [0.15, 0.2) is 0 Å². The van der Waals surface area contributed by atoms with Crippen LogP contribution in [0.1, 0.15) is 6.92 Å². The highest BCUT2D eigenvalue weighted by atomic mass is 16.2. The fourth-order valence-corrected chi connectivity index (χ4v) is 1.25. The molecule has 0 bridgehead atoms. The molecule has 0 spiro atoms. The lowest BCUT2D eigenvalue weighted by molar-refractivity contribution is 0.218. The van der Waals surface area contributed by atoms with Crippen molar-refractivity contribution in [2.45, 2.75) is 6.92 Å². The molecule has 0 saturated carbocycles. The number of urea groups is 1.